The largest absolute Gasteiger partial charge is 0.389 e. The fourth-order valence-corrected chi connectivity index (χ4v) is 2.97. The summed E-state index contributed by atoms with van der Waals surface area (Å²) in [7, 11) is 0. The molecule has 0 aromatic carbocycles. The van der Waals surface area contributed by atoms with Gasteiger partial charge in [-0.25, -0.2) is 0 Å². The molecule has 3 nitrogen and oxygen atoms in total. The van der Waals surface area contributed by atoms with E-state index in [1.165, 1.54) is 0 Å². The summed E-state index contributed by atoms with van der Waals surface area (Å²) in [5.41, 5.74) is 1.05. The monoisotopic (exact) mass is 322 g/mol. The lowest BCUT2D eigenvalue weighted by atomic mass is 9.85. The molecule has 0 fully saturated rings. The third-order valence-electron chi connectivity index (χ3n) is 4.68. The summed E-state index contributed by atoms with van der Waals surface area (Å²) in [6.07, 6.45) is 9.25. The summed E-state index contributed by atoms with van der Waals surface area (Å²) in [5.74, 6) is 0.571. The Morgan fingerprint density at radius 2 is 1.87 bits per heavy atom. The Morgan fingerprint density at radius 3 is 2.48 bits per heavy atom. The second kappa shape index (κ2) is 8.81. The second-order valence-electron chi connectivity index (χ2n) is 7.65. The van der Waals surface area contributed by atoms with Gasteiger partial charge in [-0.15, -0.1) is 0 Å². The maximum atomic E-state index is 10.5. The third kappa shape index (κ3) is 7.47. The fraction of sp³-hybridized carbons (Fsp3) is 0.700. The van der Waals surface area contributed by atoms with Gasteiger partial charge >= 0.3 is 0 Å². The first kappa shape index (κ1) is 20.1. The van der Waals surface area contributed by atoms with Crippen LogP contribution in [0.25, 0.3) is 0 Å². The van der Waals surface area contributed by atoms with Crippen LogP contribution < -0.4 is 0 Å². The zero-order valence-corrected chi connectivity index (χ0v) is 15.3. The summed E-state index contributed by atoms with van der Waals surface area (Å²) in [6, 6.07) is 0. The van der Waals surface area contributed by atoms with Crippen molar-refractivity contribution in [2.75, 3.05) is 0 Å². The second-order valence-corrected chi connectivity index (χ2v) is 7.65. The minimum absolute atomic E-state index is 0.192. The van der Waals surface area contributed by atoms with Crippen LogP contribution in [0.1, 0.15) is 60.3 Å². The molecule has 132 valence electrons. The predicted octanol–water partition coefficient (Wildman–Crippen LogP) is 3.75. The molecule has 3 heteroatoms. The van der Waals surface area contributed by atoms with E-state index in [4.69, 9.17) is 0 Å². The Labute approximate surface area is 141 Å². The van der Waals surface area contributed by atoms with Gasteiger partial charge in [0.2, 0.25) is 0 Å². The Balaban J connectivity index is 3.07. The van der Waals surface area contributed by atoms with Crippen LogP contribution >= 0.6 is 0 Å². The first-order valence-corrected chi connectivity index (χ1v) is 8.72. The van der Waals surface area contributed by atoms with Gasteiger partial charge in [0.15, 0.2) is 0 Å². The molecule has 0 aliphatic heterocycles. The van der Waals surface area contributed by atoms with Gasteiger partial charge in [0.1, 0.15) is 0 Å². The molecule has 0 saturated carbocycles. The van der Waals surface area contributed by atoms with Crippen molar-refractivity contribution in [3.8, 4) is 0 Å². The van der Waals surface area contributed by atoms with E-state index in [0.29, 0.717) is 12.3 Å². The lowest BCUT2D eigenvalue weighted by Crippen LogP contribution is -2.28. The smallest absolute Gasteiger partial charge is 0.0827 e. The van der Waals surface area contributed by atoms with Crippen LogP contribution in [0.3, 0.4) is 0 Å². The van der Waals surface area contributed by atoms with Crippen LogP contribution in [-0.2, 0) is 0 Å². The van der Waals surface area contributed by atoms with E-state index in [9.17, 15) is 15.3 Å². The van der Waals surface area contributed by atoms with Crippen LogP contribution in [0, 0.1) is 11.8 Å². The molecule has 0 aromatic rings. The van der Waals surface area contributed by atoms with Gasteiger partial charge in [0.05, 0.1) is 17.8 Å². The average Bonchev–Trinajstić information content (AvgIpc) is 2.40. The van der Waals surface area contributed by atoms with E-state index in [1.54, 1.807) is 13.0 Å². The van der Waals surface area contributed by atoms with Crippen molar-refractivity contribution < 1.29 is 15.3 Å². The summed E-state index contributed by atoms with van der Waals surface area (Å²) in [4.78, 5) is 0. The normalized spacial score (nSPS) is 34.7. The van der Waals surface area contributed by atoms with Crippen LogP contribution in [0.2, 0.25) is 0 Å². The highest BCUT2D eigenvalue weighted by Gasteiger charge is 2.23. The molecular weight excluding hydrogens is 288 g/mol. The fourth-order valence-electron chi connectivity index (χ4n) is 2.97. The quantitative estimate of drug-likeness (QED) is 0.644. The van der Waals surface area contributed by atoms with Crippen LogP contribution in [0.5, 0.6) is 0 Å². The highest BCUT2D eigenvalue weighted by molar-refractivity contribution is 5.12. The highest BCUT2D eigenvalue weighted by atomic mass is 16.3. The molecular formula is C20H34O3. The minimum Gasteiger partial charge on any atom is -0.389 e. The summed E-state index contributed by atoms with van der Waals surface area (Å²) >= 11 is 0. The van der Waals surface area contributed by atoms with E-state index in [-0.39, 0.29) is 12.3 Å². The molecule has 0 heterocycles. The maximum Gasteiger partial charge on any atom is 0.0827 e. The summed E-state index contributed by atoms with van der Waals surface area (Å²) in [6.45, 7) is 9.94. The van der Waals surface area contributed by atoms with Crippen LogP contribution in [-0.4, -0.2) is 33.1 Å². The van der Waals surface area contributed by atoms with Crippen molar-refractivity contribution in [2.45, 2.75) is 78.1 Å². The van der Waals surface area contributed by atoms with Gasteiger partial charge in [-0.3, -0.25) is 0 Å². The predicted molar refractivity (Wildman–Crippen MR) is 96.1 cm³/mol. The van der Waals surface area contributed by atoms with Crippen molar-refractivity contribution >= 4 is 0 Å². The molecule has 0 amide bonds. The molecule has 3 N–H and O–H groups in total. The number of hydrogen-bond acceptors (Lipinski definition) is 3. The molecule has 4 unspecified atom stereocenters. The maximum absolute atomic E-state index is 10.5. The van der Waals surface area contributed by atoms with Crippen molar-refractivity contribution in [2.24, 2.45) is 11.8 Å². The topological polar surface area (TPSA) is 60.7 Å². The lowest BCUT2D eigenvalue weighted by Gasteiger charge is -2.25. The molecule has 4 atom stereocenters. The first-order chi connectivity index (χ1) is 10.6. The summed E-state index contributed by atoms with van der Waals surface area (Å²) < 4.78 is 0. The van der Waals surface area contributed by atoms with Gasteiger partial charge < -0.3 is 15.3 Å². The number of rotatable bonds is 1. The Hall–Kier alpha value is -0.900. The molecule has 0 radical (unpaired) electrons. The molecule has 1 aliphatic carbocycles. The van der Waals surface area contributed by atoms with E-state index >= 15 is 0 Å². The van der Waals surface area contributed by atoms with Crippen LogP contribution in [0.15, 0.2) is 35.5 Å². The summed E-state index contributed by atoms with van der Waals surface area (Å²) in [5, 5.41) is 31.1. The minimum atomic E-state index is -1.05. The Bertz CT molecular complexity index is 458. The van der Waals surface area contributed by atoms with Gasteiger partial charge in [-0.05, 0) is 57.4 Å². The Morgan fingerprint density at radius 1 is 1.22 bits per heavy atom. The van der Waals surface area contributed by atoms with Gasteiger partial charge in [-0.2, -0.15) is 0 Å². The average molecular weight is 322 g/mol. The highest BCUT2D eigenvalue weighted by Crippen LogP contribution is 2.25. The molecule has 0 bridgehead atoms. The number of hydrogen-bond donors (Lipinski definition) is 3. The van der Waals surface area contributed by atoms with Crippen molar-refractivity contribution in [1.82, 2.24) is 0 Å². The van der Waals surface area contributed by atoms with Gasteiger partial charge in [0.25, 0.3) is 0 Å². The molecule has 1 aliphatic rings. The van der Waals surface area contributed by atoms with Crippen LogP contribution in [0.4, 0.5) is 0 Å². The first-order valence-electron chi connectivity index (χ1n) is 8.72. The molecule has 0 saturated heterocycles. The standard InChI is InChI=1S/C20H34O3/c1-14(2)17-9-10-20(5,23)13-18(21)11-15(3)7-6-8-16(4)19(22)12-17/h8-11,14,17-19,21-23H,6-7,12-13H2,1-5H3. The number of aliphatic hydroxyl groups is 3. The van der Waals surface area contributed by atoms with E-state index in [0.717, 1.165) is 24.0 Å². The van der Waals surface area contributed by atoms with Crippen molar-refractivity contribution in [3.63, 3.8) is 0 Å². The SMILES string of the molecule is CC1=CC(O)CC(C)(O)C=CC(C(C)C)CC(O)C(C)=CCC1. The zero-order chi connectivity index (χ0) is 17.6. The van der Waals surface area contributed by atoms with Gasteiger partial charge in [0, 0.05) is 6.42 Å². The lowest BCUT2D eigenvalue weighted by molar-refractivity contribution is 0.0562. The molecule has 0 spiro atoms. The molecule has 1 rings (SSSR count). The van der Waals surface area contributed by atoms with Gasteiger partial charge in [-0.1, -0.05) is 43.7 Å². The number of aliphatic hydroxyl groups excluding tert-OH is 2. The van der Waals surface area contributed by atoms with E-state index in [2.05, 4.69) is 19.9 Å². The van der Waals surface area contributed by atoms with E-state index < -0.39 is 17.8 Å². The van der Waals surface area contributed by atoms with Crippen molar-refractivity contribution in [3.05, 3.63) is 35.5 Å². The molecule has 23 heavy (non-hydrogen) atoms. The third-order valence-corrected chi connectivity index (χ3v) is 4.68. The van der Waals surface area contributed by atoms with Crippen molar-refractivity contribution in [1.29, 1.82) is 0 Å². The Kier molecular flexibility index (Phi) is 7.72. The zero-order valence-electron chi connectivity index (χ0n) is 15.3. The number of allylic oxidation sites excluding steroid dienone is 3. The van der Waals surface area contributed by atoms with E-state index in [1.807, 2.05) is 26.0 Å². The molecule has 0 aromatic heterocycles.